The molecule has 9 nitrogen and oxygen atoms in total. The summed E-state index contributed by atoms with van der Waals surface area (Å²) in [6.45, 7) is 2.79. The first-order valence-corrected chi connectivity index (χ1v) is 9.22. The highest BCUT2D eigenvalue weighted by atomic mass is 19.4. The molecule has 2 aromatic heterocycles. The van der Waals surface area contributed by atoms with Crippen LogP contribution in [-0.2, 0) is 6.42 Å². The third-order valence-electron chi connectivity index (χ3n) is 4.67. The topological polar surface area (TPSA) is 99.2 Å². The number of amides is 1. The number of ether oxygens (including phenoxy) is 1. The van der Waals surface area contributed by atoms with E-state index in [0.29, 0.717) is 37.4 Å². The molecule has 1 aliphatic heterocycles. The Morgan fingerprint density at radius 3 is 2.73 bits per heavy atom. The van der Waals surface area contributed by atoms with Crippen LogP contribution in [0.3, 0.4) is 0 Å². The Morgan fingerprint density at radius 1 is 1.30 bits per heavy atom. The van der Waals surface area contributed by atoms with E-state index in [9.17, 15) is 18.0 Å². The monoisotopic (exact) mass is 422 g/mol. The van der Waals surface area contributed by atoms with Crippen molar-refractivity contribution in [3.05, 3.63) is 41.9 Å². The first-order chi connectivity index (χ1) is 14.3. The Labute approximate surface area is 168 Å². The molecule has 1 fully saturated rings. The van der Waals surface area contributed by atoms with Crippen molar-refractivity contribution in [1.29, 1.82) is 0 Å². The zero-order valence-corrected chi connectivity index (χ0v) is 15.8. The van der Waals surface area contributed by atoms with E-state index in [1.807, 2.05) is 6.92 Å². The molecule has 30 heavy (non-hydrogen) atoms. The summed E-state index contributed by atoms with van der Waals surface area (Å²) in [5, 5.41) is 12.0. The predicted octanol–water partition coefficient (Wildman–Crippen LogP) is 2.88. The number of carbonyl (C=O) groups excluding carboxylic acids is 1. The first kappa shape index (κ1) is 19.9. The molecule has 1 atom stereocenters. The molecule has 0 radical (unpaired) electrons. The molecule has 0 bridgehead atoms. The highest BCUT2D eigenvalue weighted by Crippen LogP contribution is 2.26. The van der Waals surface area contributed by atoms with Gasteiger partial charge in [0.25, 0.3) is 11.8 Å². The average molecular weight is 422 g/mol. The predicted molar refractivity (Wildman–Crippen MR) is 95.4 cm³/mol. The van der Waals surface area contributed by atoms with Gasteiger partial charge < -0.3 is 14.2 Å². The van der Waals surface area contributed by atoms with Gasteiger partial charge in [0.15, 0.2) is 11.5 Å². The molecule has 1 unspecified atom stereocenters. The molecule has 1 amide bonds. The van der Waals surface area contributed by atoms with Crippen LogP contribution in [0.2, 0.25) is 0 Å². The number of alkyl halides is 3. The lowest BCUT2D eigenvalue weighted by Gasteiger charge is -2.17. The van der Waals surface area contributed by atoms with Crippen molar-refractivity contribution >= 4 is 5.91 Å². The van der Waals surface area contributed by atoms with Crippen LogP contribution in [0.4, 0.5) is 13.2 Å². The Kier molecular flexibility index (Phi) is 5.14. The summed E-state index contributed by atoms with van der Waals surface area (Å²) in [6, 6.07) is 4.77. The first-order valence-electron chi connectivity index (χ1n) is 9.22. The summed E-state index contributed by atoms with van der Waals surface area (Å²) in [7, 11) is 0. The van der Waals surface area contributed by atoms with Crippen molar-refractivity contribution in [2.75, 3.05) is 13.1 Å². The summed E-state index contributed by atoms with van der Waals surface area (Å²) in [5.41, 5.74) is 0.731. The number of likely N-dealkylation sites (tertiary alicyclic amines) is 1. The summed E-state index contributed by atoms with van der Waals surface area (Å²) in [6.07, 6.45) is -1.78. The Bertz CT molecular complexity index is 1030. The molecule has 158 valence electrons. The van der Waals surface area contributed by atoms with E-state index in [4.69, 9.17) is 4.52 Å². The minimum absolute atomic E-state index is 0.0865. The van der Waals surface area contributed by atoms with E-state index in [2.05, 4.69) is 25.2 Å². The number of rotatable bonds is 5. The third kappa shape index (κ3) is 4.26. The molecular weight excluding hydrogens is 405 g/mol. The van der Waals surface area contributed by atoms with Crippen LogP contribution in [0.25, 0.3) is 11.6 Å². The molecule has 12 heteroatoms. The zero-order chi connectivity index (χ0) is 21.3. The Balaban J connectivity index is 1.40. The van der Waals surface area contributed by atoms with Crippen LogP contribution in [0, 0.1) is 0 Å². The van der Waals surface area contributed by atoms with Crippen molar-refractivity contribution in [2.24, 2.45) is 0 Å². The number of aryl methyl sites for hydroxylation is 1. The van der Waals surface area contributed by atoms with Crippen LogP contribution in [0.5, 0.6) is 5.75 Å². The van der Waals surface area contributed by atoms with E-state index in [1.54, 1.807) is 15.8 Å². The molecule has 1 aliphatic rings. The lowest BCUT2D eigenvalue weighted by atomic mass is 10.2. The lowest BCUT2D eigenvalue weighted by molar-refractivity contribution is -0.274. The van der Waals surface area contributed by atoms with Crippen molar-refractivity contribution in [2.45, 2.75) is 32.2 Å². The Hall–Kier alpha value is -3.44. The molecule has 0 spiro atoms. The maximum Gasteiger partial charge on any atom is 0.573 e. The highest BCUT2D eigenvalue weighted by molar-refractivity contribution is 5.94. The summed E-state index contributed by atoms with van der Waals surface area (Å²) in [5.74, 6) is 0.204. The maximum absolute atomic E-state index is 12.7. The molecule has 0 aliphatic carbocycles. The van der Waals surface area contributed by atoms with Crippen LogP contribution < -0.4 is 4.74 Å². The number of hydrogen-bond acceptors (Lipinski definition) is 7. The fourth-order valence-electron chi connectivity index (χ4n) is 3.18. The minimum Gasteiger partial charge on any atom is -0.406 e. The number of hydrogen-bond donors (Lipinski definition) is 0. The zero-order valence-electron chi connectivity index (χ0n) is 15.8. The van der Waals surface area contributed by atoms with Gasteiger partial charge in [-0.3, -0.25) is 4.79 Å². The maximum atomic E-state index is 12.7. The van der Waals surface area contributed by atoms with Gasteiger partial charge in [0.2, 0.25) is 0 Å². The number of aromatic nitrogens is 5. The lowest BCUT2D eigenvalue weighted by Crippen LogP contribution is -2.29. The van der Waals surface area contributed by atoms with Gasteiger partial charge in [-0.05, 0) is 30.7 Å². The standard InChI is InChI=1S/C18H17F3N6O3/c1-2-15-22-16(30-24-15)14-10-27(25-23-14)12-7-8-26(9-12)17(28)11-3-5-13(6-4-11)29-18(19,20)21/h3-6,10,12H,2,7-9H2,1H3. The van der Waals surface area contributed by atoms with Crippen LogP contribution >= 0.6 is 0 Å². The van der Waals surface area contributed by atoms with Crippen LogP contribution in [0.15, 0.2) is 35.0 Å². The van der Waals surface area contributed by atoms with E-state index < -0.39 is 6.36 Å². The van der Waals surface area contributed by atoms with E-state index in [1.165, 1.54) is 12.1 Å². The fourth-order valence-corrected chi connectivity index (χ4v) is 3.18. The SMILES string of the molecule is CCc1noc(-c2cn(C3CCN(C(=O)c4ccc(OC(F)(F)F)cc4)C3)nn2)n1. The van der Waals surface area contributed by atoms with Crippen molar-refractivity contribution in [1.82, 2.24) is 30.0 Å². The third-order valence-corrected chi connectivity index (χ3v) is 4.67. The van der Waals surface area contributed by atoms with Crippen molar-refractivity contribution in [3.63, 3.8) is 0 Å². The van der Waals surface area contributed by atoms with Gasteiger partial charge in [-0.2, -0.15) is 4.98 Å². The number of carbonyl (C=O) groups is 1. The van der Waals surface area contributed by atoms with E-state index in [-0.39, 0.29) is 29.2 Å². The normalized spacial score (nSPS) is 16.8. The van der Waals surface area contributed by atoms with Gasteiger partial charge >= 0.3 is 6.36 Å². The van der Waals surface area contributed by atoms with Gasteiger partial charge in [0.1, 0.15) is 5.75 Å². The fraction of sp³-hybridized carbons (Fsp3) is 0.389. The molecule has 0 N–H and O–H groups in total. The minimum atomic E-state index is -4.77. The van der Waals surface area contributed by atoms with Gasteiger partial charge in [-0.1, -0.05) is 17.3 Å². The van der Waals surface area contributed by atoms with Gasteiger partial charge in [0.05, 0.1) is 12.2 Å². The van der Waals surface area contributed by atoms with Crippen LogP contribution in [-0.4, -0.2) is 55.4 Å². The van der Waals surface area contributed by atoms with Crippen molar-refractivity contribution < 1.29 is 27.2 Å². The highest BCUT2D eigenvalue weighted by Gasteiger charge is 2.32. The summed E-state index contributed by atoms with van der Waals surface area (Å²) in [4.78, 5) is 18.5. The average Bonchev–Trinajstić information content (AvgIpc) is 3.46. The number of benzene rings is 1. The number of halogens is 3. The number of nitrogens with zero attached hydrogens (tertiary/aromatic N) is 6. The molecule has 1 saturated heterocycles. The second-order valence-electron chi connectivity index (χ2n) is 6.72. The smallest absolute Gasteiger partial charge is 0.406 e. The van der Waals surface area contributed by atoms with Gasteiger partial charge in [-0.25, -0.2) is 4.68 Å². The van der Waals surface area contributed by atoms with Crippen molar-refractivity contribution in [3.8, 4) is 17.3 Å². The largest absolute Gasteiger partial charge is 0.573 e. The molecule has 4 rings (SSSR count). The van der Waals surface area contributed by atoms with Gasteiger partial charge in [-0.15, -0.1) is 18.3 Å². The second-order valence-corrected chi connectivity index (χ2v) is 6.72. The summed E-state index contributed by atoms with van der Waals surface area (Å²) < 4.78 is 47.4. The summed E-state index contributed by atoms with van der Waals surface area (Å²) >= 11 is 0. The molecule has 3 aromatic rings. The van der Waals surface area contributed by atoms with E-state index >= 15 is 0 Å². The quantitative estimate of drug-likeness (QED) is 0.623. The molecule has 0 saturated carbocycles. The van der Waals surface area contributed by atoms with Crippen LogP contribution in [0.1, 0.15) is 35.6 Å². The van der Waals surface area contributed by atoms with Gasteiger partial charge in [0, 0.05) is 25.1 Å². The molecule has 3 heterocycles. The van der Waals surface area contributed by atoms with E-state index in [0.717, 1.165) is 12.1 Å². The Morgan fingerprint density at radius 2 is 2.07 bits per heavy atom. The molecular formula is C18H17F3N6O3. The molecule has 1 aromatic carbocycles. The second kappa shape index (κ2) is 7.76.